The molecule has 1 aromatic carbocycles. The Hall–Kier alpha value is -1.43. The number of thiazole rings is 1. The fourth-order valence-electron chi connectivity index (χ4n) is 3.06. The third kappa shape index (κ3) is 3.32. The molecule has 1 aliphatic heterocycles. The van der Waals surface area contributed by atoms with Gasteiger partial charge in [0, 0.05) is 19.0 Å². The quantitative estimate of drug-likeness (QED) is 0.929. The molecule has 6 heteroatoms. The molecule has 1 aromatic heterocycles. The number of carbonyl (C=O) groups is 1. The molecule has 0 amide bonds. The Balaban J connectivity index is 1.79. The van der Waals surface area contributed by atoms with E-state index in [-0.39, 0.29) is 11.8 Å². The van der Waals surface area contributed by atoms with E-state index in [0.717, 1.165) is 22.7 Å². The van der Waals surface area contributed by atoms with E-state index in [9.17, 15) is 9.90 Å². The maximum absolute atomic E-state index is 11.6. The smallest absolute Gasteiger partial charge is 0.308 e. The second-order valence-electron chi connectivity index (χ2n) is 5.72. The van der Waals surface area contributed by atoms with Crippen LogP contribution in [0.5, 0.6) is 0 Å². The Kier molecular flexibility index (Phi) is 4.47. The van der Waals surface area contributed by atoms with Crippen LogP contribution >= 0.6 is 22.9 Å². The monoisotopic (exact) mass is 336 g/mol. The molecule has 3 rings (SSSR count). The summed E-state index contributed by atoms with van der Waals surface area (Å²) < 4.78 is 0.666. The van der Waals surface area contributed by atoms with Gasteiger partial charge in [-0.25, -0.2) is 4.98 Å². The molecular formula is C16H17ClN2O2S. The average molecular weight is 337 g/mol. The first-order valence-electron chi connectivity index (χ1n) is 7.15. The van der Waals surface area contributed by atoms with Crippen molar-refractivity contribution in [1.29, 1.82) is 0 Å². The largest absolute Gasteiger partial charge is 0.481 e. The van der Waals surface area contributed by atoms with Crippen molar-refractivity contribution in [2.24, 2.45) is 5.92 Å². The summed E-state index contributed by atoms with van der Waals surface area (Å²) in [6.45, 7) is 3.97. The molecule has 2 atom stereocenters. The molecule has 4 nitrogen and oxygen atoms in total. The van der Waals surface area contributed by atoms with Crippen molar-refractivity contribution in [1.82, 2.24) is 9.88 Å². The van der Waals surface area contributed by atoms with Crippen LogP contribution in [0.4, 0.5) is 0 Å². The van der Waals surface area contributed by atoms with Crippen molar-refractivity contribution >= 4 is 28.9 Å². The van der Waals surface area contributed by atoms with Crippen molar-refractivity contribution < 1.29 is 9.90 Å². The predicted molar refractivity (Wildman–Crippen MR) is 87.4 cm³/mol. The fraction of sp³-hybridized carbons (Fsp3) is 0.375. The van der Waals surface area contributed by atoms with Crippen molar-refractivity contribution in [3.8, 4) is 0 Å². The summed E-state index contributed by atoms with van der Waals surface area (Å²) in [6.07, 6.45) is 1.64. The predicted octanol–water partition coefficient (Wildman–Crippen LogP) is 3.41. The lowest BCUT2D eigenvalue weighted by Crippen LogP contribution is -2.23. The lowest BCUT2D eigenvalue weighted by Gasteiger charge is -2.16. The van der Waals surface area contributed by atoms with Crippen LogP contribution in [0.15, 0.2) is 30.5 Å². The standard InChI is InChI=1S/C16H17ClN2O2S/c1-10-3-2-4-11(5-10)12-7-19(8-13(12)16(20)21)9-15-18-6-14(17)22-15/h2-6,12-13H,7-9H2,1H3,(H,20,21)/t12-,13+/m0/s1. The molecule has 0 aliphatic carbocycles. The highest BCUT2D eigenvalue weighted by Gasteiger charge is 2.38. The van der Waals surface area contributed by atoms with Crippen LogP contribution in [0, 0.1) is 12.8 Å². The molecule has 0 bridgehead atoms. The lowest BCUT2D eigenvalue weighted by atomic mass is 9.88. The minimum absolute atomic E-state index is 0.0211. The molecule has 1 fully saturated rings. The van der Waals surface area contributed by atoms with E-state index >= 15 is 0 Å². The molecule has 0 saturated carbocycles. The van der Waals surface area contributed by atoms with Crippen LogP contribution < -0.4 is 0 Å². The number of rotatable bonds is 4. The van der Waals surface area contributed by atoms with Crippen molar-refractivity contribution in [2.45, 2.75) is 19.4 Å². The summed E-state index contributed by atoms with van der Waals surface area (Å²) >= 11 is 7.36. The molecule has 116 valence electrons. The second kappa shape index (κ2) is 6.36. The van der Waals surface area contributed by atoms with E-state index < -0.39 is 5.97 Å². The first-order chi connectivity index (χ1) is 10.5. The lowest BCUT2D eigenvalue weighted by molar-refractivity contribution is -0.141. The third-order valence-corrected chi connectivity index (χ3v) is 5.17. The van der Waals surface area contributed by atoms with Gasteiger partial charge in [0.05, 0.1) is 18.7 Å². The van der Waals surface area contributed by atoms with Gasteiger partial charge in [-0.1, -0.05) is 41.4 Å². The second-order valence-corrected chi connectivity index (χ2v) is 7.46. The first-order valence-corrected chi connectivity index (χ1v) is 8.34. The molecule has 1 aliphatic rings. The number of likely N-dealkylation sites (tertiary alicyclic amines) is 1. The van der Waals surface area contributed by atoms with Gasteiger partial charge in [0.25, 0.3) is 0 Å². The molecule has 0 unspecified atom stereocenters. The zero-order valence-electron chi connectivity index (χ0n) is 12.2. The van der Waals surface area contributed by atoms with E-state index in [0.29, 0.717) is 17.4 Å². The zero-order chi connectivity index (χ0) is 15.7. The van der Waals surface area contributed by atoms with Crippen molar-refractivity contribution in [3.05, 3.63) is 50.9 Å². The number of benzene rings is 1. The maximum atomic E-state index is 11.6. The maximum Gasteiger partial charge on any atom is 0.308 e. The number of hydrogen-bond donors (Lipinski definition) is 1. The van der Waals surface area contributed by atoms with Crippen LogP contribution in [0.1, 0.15) is 22.1 Å². The van der Waals surface area contributed by atoms with Crippen LogP contribution in [0.2, 0.25) is 4.34 Å². The number of aliphatic carboxylic acids is 1. The summed E-state index contributed by atoms with van der Waals surface area (Å²) in [7, 11) is 0. The summed E-state index contributed by atoms with van der Waals surface area (Å²) in [6, 6.07) is 8.14. The van der Waals surface area contributed by atoms with Gasteiger partial charge in [0.2, 0.25) is 0 Å². The van der Waals surface area contributed by atoms with E-state index in [1.54, 1.807) is 6.20 Å². The summed E-state index contributed by atoms with van der Waals surface area (Å²) in [4.78, 5) is 18.0. The summed E-state index contributed by atoms with van der Waals surface area (Å²) in [5.74, 6) is -1.09. The van der Waals surface area contributed by atoms with Gasteiger partial charge in [-0.15, -0.1) is 11.3 Å². The number of carboxylic acid groups (broad SMARTS) is 1. The highest BCUT2D eigenvalue weighted by atomic mass is 35.5. The number of halogens is 1. The molecular weight excluding hydrogens is 320 g/mol. The van der Waals surface area contributed by atoms with Crippen molar-refractivity contribution in [2.75, 3.05) is 13.1 Å². The number of hydrogen-bond acceptors (Lipinski definition) is 4. The van der Waals surface area contributed by atoms with Gasteiger partial charge in [0.15, 0.2) is 0 Å². The molecule has 1 saturated heterocycles. The Morgan fingerprint density at radius 3 is 2.95 bits per heavy atom. The highest BCUT2D eigenvalue weighted by molar-refractivity contribution is 7.15. The topological polar surface area (TPSA) is 53.4 Å². The minimum Gasteiger partial charge on any atom is -0.481 e. The van der Waals surface area contributed by atoms with E-state index in [2.05, 4.69) is 16.0 Å². The third-order valence-electron chi connectivity index (χ3n) is 4.07. The molecule has 2 heterocycles. The van der Waals surface area contributed by atoms with E-state index in [4.69, 9.17) is 11.6 Å². The van der Waals surface area contributed by atoms with Crippen molar-refractivity contribution in [3.63, 3.8) is 0 Å². The number of aryl methyl sites for hydroxylation is 1. The highest BCUT2D eigenvalue weighted by Crippen LogP contribution is 2.34. The summed E-state index contributed by atoms with van der Waals surface area (Å²) in [5.41, 5.74) is 2.26. The summed E-state index contributed by atoms with van der Waals surface area (Å²) in [5, 5.41) is 10.5. The fourth-order valence-corrected chi connectivity index (χ4v) is 4.05. The molecule has 22 heavy (non-hydrogen) atoms. The van der Waals surface area contributed by atoms with Gasteiger partial charge in [-0.2, -0.15) is 0 Å². The van der Waals surface area contributed by atoms with Crippen LogP contribution in [0.3, 0.4) is 0 Å². The van der Waals surface area contributed by atoms with Gasteiger partial charge >= 0.3 is 5.97 Å². The molecule has 0 spiro atoms. The van der Waals surface area contributed by atoms with Gasteiger partial charge in [-0.05, 0) is 12.5 Å². The molecule has 1 N–H and O–H groups in total. The van der Waals surface area contributed by atoms with Crippen LogP contribution in [0.25, 0.3) is 0 Å². The number of aromatic nitrogens is 1. The molecule has 2 aromatic rings. The normalized spacial score (nSPS) is 22.1. The Bertz CT molecular complexity index is 688. The van der Waals surface area contributed by atoms with Gasteiger partial charge in [0.1, 0.15) is 9.34 Å². The SMILES string of the molecule is Cc1cccc([C@@H]2CN(Cc3ncc(Cl)s3)C[C@H]2C(=O)O)c1. The van der Waals surface area contributed by atoms with Crippen LogP contribution in [-0.2, 0) is 11.3 Å². The zero-order valence-corrected chi connectivity index (χ0v) is 13.8. The van der Waals surface area contributed by atoms with E-state index in [1.807, 2.05) is 25.1 Å². The number of nitrogens with zero attached hydrogens (tertiary/aromatic N) is 2. The Morgan fingerprint density at radius 2 is 2.32 bits per heavy atom. The number of carboxylic acids is 1. The van der Waals surface area contributed by atoms with Gasteiger partial charge in [-0.3, -0.25) is 9.69 Å². The minimum atomic E-state index is -0.730. The van der Waals surface area contributed by atoms with Gasteiger partial charge < -0.3 is 5.11 Å². The first kappa shape index (κ1) is 15.5. The Labute approximate surface area is 138 Å². The average Bonchev–Trinajstić information content (AvgIpc) is 3.06. The van der Waals surface area contributed by atoms with Crippen LogP contribution in [-0.4, -0.2) is 34.0 Å². The van der Waals surface area contributed by atoms with E-state index in [1.165, 1.54) is 11.3 Å². The Morgan fingerprint density at radius 1 is 1.50 bits per heavy atom. The molecule has 0 radical (unpaired) electrons.